The topological polar surface area (TPSA) is 139 Å². The zero-order chi connectivity index (χ0) is 49.2. The lowest BCUT2D eigenvalue weighted by molar-refractivity contribution is 0.366. The summed E-state index contributed by atoms with van der Waals surface area (Å²) in [6.07, 6.45) is 1.49. The monoisotopic (exact) mass is 1000 g/mol. The lowest BCUT2D eigenvalue weighted by atomic mass is 9.99. The number of hydrogen-bond acceptors (Lipinski definition) is 10. The molecule has 18 heteroatoms. The second-order valence-electron chi connectivity index (χ2n) is 22.7. The minimum Gasteiger partial charge on any atom is -0.505 e. The summed E-state index contributed by atoms with van der Waals surface area (Å²) in [4.78, 5) is 3.09. The Morgan fingerprint density at radius 1 is 0.455 bits per heavy atom. The fraction of sp³-hybridized carbons (Fsp3) is 0.500. The molecule has 2 atom stereocenters. The average molecular weight is 1000 g/mol. The molecule has 0 saturated carbocycles. The molecule has 360 valence electrons. The summed E-state index contributed by atoms with van der Waals surface area (Å²) >= 11 is 0. The minimum absolute atomic E-state index is 0.244. The zero-order valence-electron chi connectivity index (χ0n) is 43.1. The van der Waals surface area contributed by atoms with Gasteiger partial charge in [0.25, 0.3) is 0 Å². The molecule has 0 fully saturated rings. The average Bonchev–Trinajstić information content (AvgIpc) is 3.75. The van der Waals surface area contributed by atoms with E-state index in [4.69, 9.17) is 16.5 Å². The highest BCUT2D eigenvalue weighted by atomic mass is 28.5. The lowest BCUT2D eigenvalue weighted by Gasteiger charge is -2.40. The Hall–Kier alpha value is -3.58. The Kier molecular flexibility index (Phi) is 16.6. The molecule has 4 aromatic carbocycles. The number of rotatable bonds is 18. The molecule has 0 saturated heterocycles. The van der Waals surface area contributed by atoms with Crippen LogP contribution in [0.1, 0.15) is 36.1 Å². The Morgan fingerprint density at radius 3 is 0.955 bits per heavy atom. The van der Waals surface area contributed by atoms with Crippen LogP contribution in [0, 0.1) is 25.7 Å². The van der Waals surface area contributed by atoms with Gasteiger partial charge in [-0.2, -0.15) is 0 Å². The third-order valence-electron chi connectivity index (χ3n) is 10.3. The van der Waals surface area contributed by atoms with E-state index in [1.807, 2.05) is 74.5 Å². The molecule has 0 spiro atoms. The SMILES string of the molecule is Cc1cc(CC(C)C[Si](C)(O[Si](C)(C)C)O[Si](C)(C)C)c(O)c(-n2nc3ccccc3n2)c1.Cc1cc(CC(C)C[Si](C)(O[Si](C)(C)C)O[Si](C)(C)C)c(O)c(-n2nc3ccccc3n2)c1. The Bertz CT molecular complexity index is 2320. The lowest BCUT2D eigenvalue weighted by Crippen LogP contribution is -2.53. The van der Waals surface area contributed by atoms with Crippen LogP contribution in [-0.4, -0.2) is 90.6 Å². The van der Waals surface area contributed by atoms with E-state index in [1.165, 1.54) is 0 Å². The van der Waals surface area contributed by atoms with Crippen molar-refractivity contribution in [3.05, 3.63) is 95.1 Å². The number of nitrogens with zero attached hydrogens (tertiary/aromatic N) is 6. The van der Waals surface area contributed by atoms with E-state index in [-0.39, 0.29) is 11.5 Å². The molecular formula is C48H78N6O6Si6. The maximum Gasteiger partial charge on any atom is 0.314 e. The third kappa shape index (κ3) is 15.7. The van der Waals surface area contributed by atoms with Crippen LogP contribution in [0.25, 0.3) is 33.4 Å². The number of benzene rings is 4. The first kappa shape index (κ1) is 53.4. The highest BCUT2D eigenvalue weighted by Crippen LogP contribution is 2.36. The first-order valence-electron chi connectivity index (χ1n) is 23.4. The molecule has 0 aliphatic heterocycles. The van der Waals surface area contributed by atoms with Gasteiger partial charge in [0.05, 0.1) is 0 Å². The van der Waals surface area contributed by atoms with Gasteiger partial charge in [-0.05, 0) is 201 Å². The van der Waals surface area contributed by atoms with Crippen molar-refractivity contribution < 1.29 is 26.7 Å². The van der Waals surface area contributed by atoms with Gasteiger partial charge < -0.3 is 26.7 Å². The van der Waals surface area contributed by atoms with E-state index in [9.17, 15) is 10.2 Å². The largest absolute Gasteiger partial charge is 0.505 e. The van der Waals surface area contributed by atoms with Crippen LogP contribution in [0.4, 0.5) is 0 Å². The van der Waals surface area contributed by atoms with Crippen LogP contribution in [-0.2, 0) is 29.3 Å². The van der Waals surface area contributed by atoms with E-state index in [0.29, 0.717) is 23.2 Å². The van der Waals surface area contributed by atoms with Crippen LogP contribution in [0.15, 0.2) is 72.8 Å². The second-order valence-corrected chi connectivity index (χ2v) is 48.2. The van der Waals surface area contributed by atoms with Crippen molar-refractivity contribution in [1.82, 2.24) is 30.0 Å². The standard InChI is InChI=1S/2C24H39N3O3Si3/c2*1-18-14-20(15-19(2)17-33(9,29-31(3,4)5)30-32(6,7)8)24(28)23(16-18)27-25-21-12-10-11-13-22(21)26-27/h2*10-14,16,19,28H,15,17H2,1-9H3. The number of aromatic nitrogens is 6. The molecule has 0 aliphatic rings. The van der Waals surface area contributed by atoms with Crippen LogP contribution in [0.2, 0.25) is 104 Å². The van der Waals surface area contributed by atoms with Crippen LogP contribution >= 0.6 is 0 Å². The van der Waals surface area contributed by atoms with Crippen molar-refractivity contribution in [3.8, 4) is 22.9 Å². The van der Waals surface area contributed by atoms with Gasteiger partial charge in [0.1, 0.15) is 44.9 Å². The van der Waals surface area contributed by atoms with E-state index < -0.39 is 50.4 Å². The van der Waals surface area contributed by atoms with Crippen molar-refractivity contribution in [1.29, 1.82) is 0 Å². The summed E-state index contributed by atoms with van der Waals surface area (Å²) < 4.78 is 26.8. The van der Waals surface area contributed by atoms with Gasteiger partial charge in [0, 0.05) is 0 Å². The van der Waals surface area contributed by atoms with E-state index in [1.54, 1.807) is 9.59 Å². The normalized spacial score (nSPS) is 14.1. The molecule has 66 heavy (non-hydrogen) atoms. The van der Waals surface area contributed by atoms with Crippen LogP contribution in [0.5, 0.6) is 11.5 Å². The zero-order valence-corrected chi connectivity index (χ0v) is 49.1. The van der Waals surface area contributed by atoms with Crippen molar-refractivity contribution in [2.24, 2.45) is 11.8 Å². The molecule has 0 bridgehead atoms. The van der Waals surface area contributed by atoms with Gasteiger partial charge in [-0.1, -0.05) is 50.2 Å². The Balaban J connectivity index is 0.000000247. The van der Waals surface area contributed by atoms with Crippen molar-refractivity contribution >= 4 is 72.5 Å². The van der Waals surface area contributed by atoms with Gasteiger partial charge in [-0.15, -0.1) is 30.0 Å². The fourth-order valence-electron chi connectivity index (χ4n) is 9.18. The van der Waals surface area contributed by atoms with E-state index >= 15 is 0 Å². The number of hydrogen-bond donors (Lipinski definition) is 2. The number of fused-ring (bicyclic) bond motifs is 2. The molecule has 2 heterocycles. The molecule has 6 rings (SSSR count). The second kappa shape index (κ2) is 20.6. The molecule has 2 unspecified atom stereocenters. The summed E-state index contributed by atoms with van der Waals surface area (Å²) in [5.41, 5.74) is 8.43. The molecular weight excluding hydrogens is 925 g/mol. The van der Waals surface area contributed by atoms with Gasteiger partial charge in [0.15, 0.2) is 33.3 Å². The van der Waals surface area contributed by atoms with Crippen LogP contribution < -0.4 is 0 Å². The first-order valence-corrected chi connectivity index (χ1v) is 42.1. The maximum absolute atomic E-state index is 11.2. The number of phenolic OH excluding ortho intramolecular Hbond substituents is 2. The number of phenols is 2. The third-order valence-corrected chi connectivity index (χ3v) is 29.9. The van der Waals surface area contributed by atoms with Crippen molar-refractivity contribution in [3.63, 3.8) is 0 Å². The van der Waals surface area contributed by atoms with Gasteiger partial charge >= 0.3 is 17.1 Å². The highest BCUT2D eigenvalue weighted by molar-refractivity contribution is 6.88. The maximum atomic E-state index is 11.2. The molecule has 0 radical (unpaired) electrons. The van der Waals surface area contributed by atoms with E-state index in [0.717, 1.165) is 69.3 Å². The summed E-state index contributed by atoms with van der Waals surface area (Å²) in [6.45, 7) is 39.8. The Labute approximate surface area is 401 Å². The van der Waals surface area contributed by atoms with Crippen molar-refractivity contribution in [2.75, 3.05) is 0 Å². The molecule has 12 nitrogen and oxygen atoms in total. The predicted octanol–water partition coefficient (Wildman–Crippen LogP) is 12.8. The van der Waals surface area contributed by atoms with Gasteiger partial charge in [-0.3, -0.25) is 0 Å². The van der Waals surface area contributed by atoms with E-state index in [2.05, 4.69) is 138 Å². The fourth-order valence-corrected chi connectivity index (χ4v) is 35.1. The molecule has 6 aromatic rings. The number of aryl methyl sites for hydroxylation is 2. The summed E-state index contributed by atoms with van der Waals surface area (Å²) in [5.74, 6) is 1.10. The quantitative estimate of drug-likeness (QED) is 0.0800. The molecule has 0 amide bonds. The van der Waals surface area contributed by atoms with Crippen LogP contribution in [0.3, 0.4) is 0 Å². The smallest absolute Gasteiger partial charge is 0.314 e. The van der Waals surface area contributed by atoms with Crippen molar-refractivity contribution in [2.45, 2.75) is 144 Å². The summed E-state index contributed by atoms with van der Waals surface area (Å²) in [6, 6.07) is 25.3. The minimum atomic E-state index is -2.36. The molecule has 2 aromatic heterocycles. The molecule has 2 N–H and O–H groups in total. The Morgan fingerprint density at radius 2 is 0.712 bits per heavy atom. The summed E-state index contributed by atoms with van der Waals surface area (Å²) in [7, 11) is -11.7. The molecule has 0 aliphatic carbocycles. The van der Waals surface area contributed by atoms with Gasteiger partial charge in [0.2, 0.25) is 0 Å². The first-order chi connectivity index (χ1) is 30.3. The predicted molar refractivity (Wildman–Crippen MR) is 287 cm³/mol. The highest BCUT2D eigenvalue weighted by Gasteiger charge is 2.43. The number of aromatic hydroxyl groups is 2. The van der Waals surface area contributed by atoms with Gasteiger partial charge in [-0.25, -0.2) is 0 Å². The summed E-state index contributed by atoms with van der Waals surface area (Å²) in [5, 5.41) is 40.6.